The molecule has 0 aliphatic rings. The van der Waals surface area contributed by atoms with Crippen LogP contribution in [0.15, 0.2) is 48.5 Å². The first kappa shape index (κ1) is 14.8. The summed E-state index contributed by atoms with van der Waals surface area (Å²) >= 11 is 0. The van der Waals surface area contributed by atoms with E-state index in [2.05, 4.69) is 62.4 Å². The Balaban J connectivity index is 2.10. The summed E-state index contributed by atoms with van der Waals surface area (Å²) in [6, 6.07) is 17.6. The van der Waals surface area contributed by atoms with E-state index < -0.39 is 0 Å². The van der Waals surface area contributed by atoms with Crippen molar-refractivity contribution >= 4 is 0 Å². The van der Waals surface area contributed by atoms with Crippen LogP contribution in [0, 0.1) is 6.92 Å². The number of aryl methyl sites for hydroxylation is 2. The molecule has 0 aliphatic carbocycles. The number of benzene rings is 2. The van der Waals surface area contributed by atoms with Crippen molar-refractivity contribution in [3.05, 3.63) is 70.8 Å². The highest BCUT2D eigenvalue weighted by atomic mass is 14.1. The van der Waals surface area contributed by atoms with E-state index in [-0.39, 0.29) is 0 Å². The monoisotopic (exact) mass is 266 g/mol. The zero-order valence-corrected chi connectivity index (χ0v) is 12.9. The summed E-state index contributed by atoms with van der Waals surface area (Å²) in [5.41, 5.74) is 5.93. The smallest absolute Gasteiger partial charge is 0.00204 e. The standard InChI is InChI=1S/C20H26/c1-3-4-5-9-14-19-15-10-11-17(2)20(19)16-18-12-7-6-8-13-18/h6-8,10-13,15H,3-5,9,14,16H2,1-2H3. The molecule has 0 unspecified atom stereocenters. The van der Waals surface area contributed by atoms with Crippen LogP contribution in [0.2, 0.25) is 0 Å². The molecule has 0 saturated carbocycles. The van der Waals surface area contributed by atoms with Crippen LogP contribution in [0.5, 0.6) is 0 Å². The van der Waals surface area contributed by atoms with Gasteiger partial charge in [0.25, 0.3) is 0 Å². The lowest BCUT2D eigenvalue weighted by Crippen LogP contribution is -1.99. The Morgan fingerprint density at radius 2 is 1.60 bits per heavy atom. The van der Waals surface area contributed by atoms with Gasteiger partial charge in [-0.2, -0.15) is 0 Å². The van der Waals surface area contributed by atoms with Crippen molar-refractivity contribution in [2.45, 2.75) is 52.4 Å². The van der Waals surface area contributed by atoms with Crippen LogP contribution >= 0.6 is 0 Å². The molecular formula is C20H26. The first-order valence-corrected chi connectivity index (χ1v) is 7.92. The second-order valence-corrected chi connectivity index (χ2v) is 5.69. The topological polar surface area (TPSA) is 0 Å². The Kier molecular flexibility index (Phi) is 5.86. The molecule has 0 aliphatic heterocycles. The van der Waals surface area contributed by atoms with Crippen LogP contribution in [-0.4, -0.2) is 0 Å². The molecule has 0 spiro atoms. The summed E-state index contributed by atoms with van der Waals surface area (Å²) in [7, 11) is 0. The second kappa shape index (κ2) is 7.89. The van der Waals surface area contributed by atoms with Crippen molar-refractivity contribution in [3.63, 3.8) is 0 Å². The largest absolute Gasteiger partial charge is 0.0654 e. The third-order valence-electron chi connectivity index (χ3n) is 4.03. The fourth-order valence-corrected chi connectivity index (χ4v) is 2.79. The van der Waals surface area contributed by atoms with Gasteiger partial charge in [0.2, 0.25) is 0 Å². The Morgan fingerprint density at radius 3 is 2.35 bits per heavy atom. The molecule has 20 heavy (non-hydrogen) atoms. The zero-order chi connectivity index (χ0) is 14.2. The van der Waals surface area contributed by atoms with Gasteiger partial charge in [-0.1, -0.05) is 74.7 Å². The summed E-state index contributed by atoms with van der Waals surface area (Å²) in [5, 5.41) is 0. The summed E-state index contributed by atoms with van der Waals surface area (Å²) < 4.78 is 0. The molecule has 0 saturated heterocycles. The highest BCUT2D eigenvalue weighted by molar-refractivity contribution is 5.38. The van der Waals surface area contributed by atoms with E-state index in [1.165, 1.54) is 48.8 Å². The number of hydrogen-bond donors (Lipinski definition) is 0. The average molecular weight is 266 g/mol. The highest BCUT2D eigenvalue weighted by Crippen LogP contribution is 2.20. The molecule has 0 fully saturated rings. The Morgan fingerprint density at radius 1 is 0.800 bits per heavy atom. The SMILES string of the molecule is CCCCCCc1cccc(C)c1Cc1ccccc1. The predicted molar refractivity (Wildman–Crippen MR) is 88.3 cm³/mol. The maximum atomic E-state index is 2.32. The molecule has 2 aromatic carbocycles. The summed E-state index contributed by atoms with van der Waals surface area (Å²) in [6.45, 7) is 4.52. The third kappa shape index (κ3) is 4.23. The molecule has 2 aromatic rings. The molecule has 0 amide bonds. The Hall–Kier alpha value is -1.56. The lowest BCUT2D eigenvalue weighted by atomic mass is 9.92. The van der Waals surface area contributed by atoms with Crippen molar-refractivity contribution in [3.8, 4) is 0 Å². The molecule has 0 N–H and O–H groups in total. The molecule has 2 rings (SSSR count). The van der Waals surface area contributed by atoms with Crippen molar-refractivity contribution in [2.24, 2.45) is 0 Å². The minimum atomic E-state index is 1.07. The van der Waals surface area contributed by atoms with Crippen LogP contribution in [0.25, 0.3) is 0 Å². The fourth-order valence-electron chi connectivity index (χ4n) is 2.79. The van der Waals surface area contributed by atoms with Gasteiger partial charge in [-0.05, 0) is 48.4 Å². The molecule has 0 atom stereocenters. The van der Waals surface area contributed by atoms with E-state index in [9.17, 15) is 0 Å². The van der Waals surface area contributed by atoms with Gasteiger partial charge < -0.3 is 0 Å². The normalized spacial score (nSPS) is 10.7. The Labute approximate surface area is 123 Å². The van der Waals surface area contributed by atoms with E-state index in [0.717, 1.165) is 6.42 Å². The van der Waals surface area contributed by atoms with Crippen LogP contribution in [0.4, 0.5) is 0 Å². The third-order valence-corrected chi connectivity index (χ3v) is 4.03. The van der Waals surface area contributed by atoms with Crippen molar-refractivity contribution < 1.29 is 0 Å². The first-order valence-electron chi connectivity index (χ1n) is 7.92. The van der Waals surface area contributed by atoms with Crippen molar-refractivity contribution in [1.82, 2.24) is 0 Å². The van der Waals surface area contributed by atoms with E-state index in [1.54, 1.807) is 5.56 Å². The predicted octanol–water partition coefficient (Wildman–Crippen LogP) is 5.71. The summed E-state index contributed by atoms with van der Waals surface area (Å²) in [5.74, 6) is 0. The average Bonchev–Trinajstić information content (AvgIpc) is 2.48. The molecule has 0 heteroatoms. The molecule has 0 nitrogen and oxygen atoms in total. The highest BCUT2D eigenvalue weighted by Gasteiger charge is 2.06. The summed E-state index contributed by atoms with van der Waals surface area (Å²) in [4.78, 5) is 0. The van der Waals surface area contributed by atoms with E-state index in [4.69, 9.17) is 0 Å². The van der Waals surface area contributed by atoms with Crippen molar-refractivity contribution in [1.29, 1.82) is 0 Å². The quantitative estimate of drug-likeness (QED) is 0.563. The van der Waals surface area contributed by atoms with Gasteiger partial charge in [-0.3, -0.25) is 0 Å². The fraction of sp³-hybridized carbons (Fsp3) is 0.400. The van der Waals surface area contributed by atoms with E-state index in [0.29, 0.717) is 0 Å². The lowest BCUT2D eigenvalue weighted by Gasteiger charge is -2.13. The van der Waals surface area contributed by atoms with Crippen molar-refractivity contribution in [2.75, 3.05) is 0 Å². The number of rotatable bonds is 7. The van der Waals surface area contributed by atoms with E-state index in [1.807, 2.05) is 0 Å². The van der Waals surface area contributed by atoms with Gasteiger partial charge in [0.15, 0.2) is 0 Å². The number of unbranched alkanes of at least 4 members (excludes halogenated alkanes) is 3. The van der Waals surface area contributed by atoms with Gasteiger partial charge in [0.05, 0.1) is 0 Å². The van der Waals surface area contributed by atoms with Crippen LogP contribution < -0.4 is 0 Å². The minimum Gasteiger partial charge on any atom is -0.0654 e. The van der Waals surface area contributed by atoms with E-state index >= 15 is 0 Å². The molecule has 106 valence electrons. The van der Waals surface area contributed by atoms with Crippen LogP contribution in [-0.2, 0) is 12.8 Å². The van der Waals surface area contributed by atoms with Crippen LogP contribution in [0.3, 0.4) is 0 Å². The van der Waals surface area contributed by atoms with Crippen LogP contribution in [0.1, 0.15) is 54.9 Å². The Bertz CT molecular complexity index is 511. The molecule has 0 radical (unpaired) electrons. The maximum absolute atomic E-state index is 2.32. The first-order chi connectivity index (χ1) is 9.81. The molecule has 0 heterocycles. The van der Waals surface area contributed by atoms with Gasteiger partial charge in [-0.25, -0.2) is 0 Å². The number of hydrogen-bond acceptors (Lipinski definition) is 0. The maximum Gasteiger partial charge on any atom is -0.00204 e. The zero-order valence-electron chi connectivity index (χ0n) is 12.9. The van der Waals surface area contributed by atoms with Gasteiger partial charge >= 0.3 is 0 Å². The molecular weight excluding hydrogens is 240 g/mol. The summed E-state index contributed by atoms with van der Waals surface area (Å²) in [6.07, 6.45) is 7.64. The van der Waals surface area contributed by atoms with Gasteiger partial charge in [0, 0.05) is 0 Å². The van der Waals surface area contributed by atoms with Gasteiger partial charge in [-0.15, -0.1) is 0 Å². The van der Waals surface area contributed by atoms with Gasteiger partial charge in [0.1, 0.15) is 0 Å². The lowest BCUT2D eigenvalue weighted by molar-refractivity contribution is 0.665. The molecule has 0 bridgehead atoms. The minimum absolute atomic E-state index is 1.07. The molecule has 0 aromatic heterocycles. The second-order valence-electron chi connectivity index (χ2n) is 5.69.